The first kappa shape index (κ1) is 64.0. The van der Waals surface area contributed by atoms with E-state index in [1.54, 1.807) is 18.3 Å². The number of halogens is 1. The number of nitrogens with zero attached hydrogens (tertiary/aromatic N) is 4. The highest BCUT2D eigenvalue weighted by atomic mass is 32.2. The molecule has 418 valence electrons. The summed E-state index contributed by atoms with van der Waals surface area (Å²) in [4.78, 5) is 83.6. The largest absolute Gasteiger partial charge is 0.387 e. The number of aliphatic hydroxyl groups excluding tert-OH is 1. The molecule has 5 amide bonds. The number of hydrogen-bond acceptors (Lipinski definition) is 15. The lowest BCUT2D eigenvalue weighted by Gasteiger charge is -2.40. The highest BCUT2D eigenvalue weighted by Crippen LogP contribution is 2.39. The van der Waals surface area contributed by atoms with Crippen molar-refractivity contribution in [3.63, 3.8) is 0 Å². The monoisotopic (exact) mass is 1070 g/mol. The molecule has 20 nitrogen and oxygen atoms in total. The molecule has 0 bridgehead atoms. The second kappa shape index (κ2) is 35.8. The normalized spacial score (nSPS) is 12.7. The van der Waals surface area contributed by atoms with Gasteiger partial charge >= 0.3 is 0 Å². The predicted octanol–water partition coefficient (Wildman–Crippen LogP) is 2.75. The zero-order valence-corrected chi connectivity index (χ0v) is 45.3. The Hall–Kier alpha value is -5.33. The fourth-order valence-electron chi connectivity index (χ4n) is 7.79. The summed E-state index contributed by atoms with van der Waals surface area (Å²) >= 11 is 1.25. The summed E-state index contributed by atoms with van der Waals surface area (Å²) in [6.45, 7) is 11.1. The van der Waals surface area contributed by atoms with Crippen molar-refractivity contribution in [2.24, 2.45) is 16.9 Å². The minimum Gasteiger partial charge on any atom is -0.387 e. The number of rotatable bonds is 39. The molecule has 0 aliphatic rings. The van der Waals surface area contributed by atoms with Crippen LogP contribution in [-0.2, 0) is 54.3 Å². The fourth-order valence-corrected chi connectivity index (χ4v) is 8.83. The van der Waals surface area contributed by atoms with Gasteiger partial charge in [0.2, 0.25) is 29.5 Å². The van der Waals surface area contributed by atoms with Crippen LogP contribution in [0, 0.1) is 18.2 Å². The molecule has 75 heavy (non-hydrogen) atoms. The second-order valence-electron chi connectivity index (χ2n) is 19.0. The van der Waals surface area contributed by atoms with E-state index in [-0.39, 0.29) is 44.9 Å². The topological polar surface area (TPSA) is 272 Å². The third kappa shape index (κ3) is 24.5. The van der Waals surface area contributed by atoms with Crippen LogP contribution in [0.15, 0.2) is 54.7 Å². The molecular weight excluding hydrogens is 990 g/mol. The van der Waals surface area contributed by atoms with E-state index in [0.717, 1.165) is 30.4 Å². The van der Waals surface area contributed by atoms with Crippen molar-refractivity contribution in [3.8, 4) is 11.3 Å². The fraction of sp³-hybridized carbons (Fsp3) is 0.604. The first-order valence-electron chi connectivity index (χ1n) is 25.7. The van der Waals surface area contributed by atoms with Gasteiger partial charge in [-0.1, -0.05) is 69.2 Å². The maximum absolute atomic E-state index is 15.3. The van der Waals surface area contributed by atoms with E-state index in [9.17, 15) is 33.9 Å². The molecule has 3 atom stereocenters. The molecule has 1 aromatic heterocycles. The predicted molar refractivity (Wildman–Crippen MR) is 286 cm³/mol. The van der Waals surface area contributed by atoms with Crippen LogP contribution in [0.4, 0.5) is 4.39 Å². The average molecular weight is 1070 g/mol. The molecule has 0 aliphatic heterocycles. The number of carbonyl (C=O) groups is 6. The van der Waals surface area contributed by atoms with Crippen molar-refractivity contribution in [1.82, 2.24) is 35.3 Å². The minimum atomic E-state index is -1.07. The lowest BCUT2D eigenvalue weighted by molar-refractivity contribution is -0.140. The van der Waals surface area contributed by atoms with Gasteiger partial charge in [0.25, 0.3) is 0 Å². The molecule has 22 heteroatoms. The molecule has 0 spiro atoms. The number of unbranched alkanes of at least 4 members (excludes halogenated alkanes) is 2. The van der Waals surface area contributed by atoms with Crippen molar-refractivity contribution in [3.05, 3.63) is 77.5 Å². The van der Waals surface area contributed by atoms with Gasteiger partial charge in [-0.2, -0.15) is 0 Å². The smallest absolute Gasteiger partial charge is 0.248 e. The van der Waals surface area contributed by atoms with E-state index >= 15 is 4.39 Å². The highest BCUT2D eigenvalue weighted by Gasteiger charge is 2.39. The van der Waals surface area contributed by atoms with E-state index in [1.165, 1.54) is 34.7 Å². The Morgan fingerprint density at radius 2 is 1.51 bits per heavy atom. The Labute approximate surface area is 445 Å². The van der Waals surface area contributed by atoms with Gasteiger partial charge in [-0.3, -0.25) is 24.0 Å². The third-order valence-corrected chi connectivity index (χ3v) is 12.9. The molecule has 8 N–H and O–H groups in total. The Bertz CT molecular complexity index is 2180. The number of nitrogens with two attached hydrogens (primary N) is 2. The lowest BCUT2D eigenvalue weighted by atomic mass is 9.84. The van der Waals surface area contributed by atoms with Crippen LogP contribution >= 0.6 is 11.8 Å². The van der Waals surface area contributed by atoms with Crippen molar-refractivity contribution >= 4 is 47.6 Å². The molecule has 2 aromatic carbocycles. The zero-order valence-electron chi connectivity index (χ0n) is 44.5. The molecule has 0 radical (unpaired) electrons. The maximum atomic E-state index is 15.3. The molecule has 0 saturated carbocycles. The molecule has 0 aliphatic carbocycles. The van der Waals surface area contributed by atoms with E-state index in [1.807, 2.05) is 62.6 Å². The summed E-state index contributed by atoms with van der Waals surface area (Å²) in [6.07, 6.45) is 5.55. The number of nitrogens with one attached hydrogen (secondary N) is 3. The Balaban J connectivity index is 1.38. The number of aldehydes is 1. The van der Waals surface area contributed by atoms with Crippen molar-refractivity contribution in [2.75, 3.05) is 112 Å². The van der Waals surface area contributed by atoms with Crippen LogP contribution < -0.4 is 27.4 Å². The average Bonchev–Trinajstić information content (AvgIpc) is 3.78. The van der Waals surface area contributed by atoms with E-state index in [0.29, 0.717) is 108 Å². The standard InChI is InChI=1S/C53H82FN9O11S/c1-39-14-15-42(54)41(34-39)44-36-62(35-40-12-8-6-9-13-40)50(60-44)49(53(2,3)4)63(48(68)38-65)23-16-43(56)51(69)59-22-21-58-47(67)37-61(5)52(70)45(17-24-64)75-33-32-74-31-30-73-29-28-72-27-26-71-25-18-46(66)57-20-11-7-10-19-55/h6,8-9,12-15,24,34,36,43,45,49,65H,7,10-11,16-23,25-33,35,37-38,55-56H2,1-5H3,(H,57,66)(H,58,67)(H,59,69). The number of aryl methyl sites for hydroxylation is 1. The minimum absolute atomic E-state index is 0.0131. The summed E-state index contributed by atoms with van der Waals surface area (Å²) in [5.41, 5.74) is 13.6. The summed E-state index contributed by atoms with van der Waals surface area (Å²) in [7, 11) is 1.47. The number of ether oxygens (including phenoxy) is 4. The van der Waals surface area contributed by atoms with Crippen LogP contribution in [0.2, 0.25) is 0 Å². The Morgan fingerprint density at radius 3 is 2.15 bits per heavy atom. The number of benzene rings is 2. The molecular formula is C53H82FN9O11S. The van der Waals surface area contributed by atoms with Gasteiger partial charge in [-0.25, -0.2) is 9.37 Å². The van der Waals surface area contributed by atoms with Gasteiger partial charge in [0.15, 0.2) is 0 Å². The van der Waals surface area contributed by atoms with Crippen molar-refractivity contribution in [1.29, 1.82) is 0 Å². The number of aromatic nitrogens is 2. The molecule has 0 fully saturated rings. The molecule has 3 unspecified atom stereocenters. The Morgan fingerprint density at radius 1 is 0.867 bits per heavy atom. The SMILES string of the molecule is Cc1ccc(F)c(-c2cn(Cc3ccccc3)c(C(N(CCC(N)C(=O)NCCNC(=O)CN(C)C(=O)C(CC=O)SCCOCCOCCOCCOCCC(=O)NCCCCCN)C(=O)CO)C(C)(C)C)n2)c1. The number of aliphatic hydroxyl groups is 1. The lowest BCUT2D eigenvalue weighted by Crippen LogP contribution is -2.48. The number of thioether (sulfide) groups is 1. The second-order valence-corrected chi connectivity index (χ2v) is 20.3. The van der Waals surface area contributed by atoms with E-state index in [2.05, 4.69) is 16.0 Å². The quantitative estimate of drug-likeness (QED) is 0.0354. The summed E-state index contributed by atoms with van der Waals surface area (Å²) in [6, 6.07) is 12.6. The van der Waals surface area contributed by atoms with Crippen LogP contribution in [0.25, 0.3) is 11.3 Å². The number of amides is 5. The number of hydrogen-bond donors (Lipinski definition) is 6. The van der Waals surface area contributed by atoms with Gasteiger partial charge in [-0.05, 0) is 55.8 Å². The van der Waals surface area contributed by atoms with Gasteiger partial charge < -0.3 is 70.6 Å². The molecule has 1 heterocycles. The number of carbonyl (C=O) groups excluding carboxylic acids is 6. The van der Waals surface area contributed by atoms with Crippen LogP contribution in [-0.4, -0.2) is 183 Å². The molecule has 0 saturated heterocycles. The first-order chi connectivity index (χ1) is 36.0. The third-order valence-electron chi connectivity index (χ3n) is 11.7. The van der Waals surface area contributed by atoms with E-state index < -0.39 is 58.8 Å². The van der Waals surface area contributed by atoms with Gasteiger partial charge in [0.05, 0.1) is 82.4 Å². The Kier molecular flexibility index (Phi) is 30.6. The number of likely N-dealkylation sites (N-methyl/N-ethyl adjacent to an activating group) is 1. The van der Waals surface area contributed by atoms with Crippen molar-refractivity contribution < 1.29 is 57.2 Å². The highest BCUT2D eigenvalue weighted by molar-refractivity contribution is 8.00. The van der Waals surface area contributed by atoms with Crippen molar-refractivity contribution in [2.45, 2.75) is 90.1 Å². The van der Waals surface area contributed by atoms with Gasteiger partial charge in [0.1, 0.15) is 24.5 Å². The van der Waals surface area contributed by atoms with Gasteiger partial charge in [-0.15, -0.1) is 11.8 Å². The molecule has 3 rings (SSSR count). The van der Waals surface area contributed by atoms with Crippen LogP contribution in [0.3, 0.4) is 0 Å². The van der Waals surface area contributed by atoms with Crippen LogP contribution in [0.5, 0.6) is 0 Å². The number of imidazole rings is 1. The van der Waals surface area contributed by atoms with E-state index in [4.69, 9.17) is 35.4 Å². The maximum Gasteiger partial charge on any atom is 0.248 e. The van der Waals surface area contributed by atoms with Crippen LogP contribution in [0.1, 0.15) is 82.3 Å². The summed E-state index contributed by atoms with van der Waals surface area (Å²) in [5, 5.41) is 17.7. The summed E-state index contributed by atoms with van der Waals surface area (Å²) in [5.74, 6) is -1.60. The molecule has 3 aromatic rings. The first-order valence-corrected chi connectivity index (χ1v) is 26.7. The zero-order chi connectivity index (χ0) is 55.0. The summed E-state index contributed by atoms with van der Waals surface area (Å²) < 4.78 is 39.2. The van der Waals surface area contributed by atoms with Gasteiger partial charge in [0, 0.05) is 70.1 Å².